The van der Waals surface area contributed by atoms with Gasteiger partial charge in [0.15, 0.2) is 0 Å². The normalized spacial score (nSPS) is 27.4. The van der Waals surface area contributed by atoms with Gasteiger partial charge in [-0.1, -0.05) is 37.5 Å². The number of carbonyl (C=O) groups is 2. The predicted octanol–water partition coefficient (Wildman–Crippen LogP) is 3.00. The number of carbonyl (C=O) groups excluding carboxylic acids is 2. The van der Waals surface area contributed by atoms with Crippen molar-refractivity contribution in [3.63, 3.8) is 0 Å². The average Bonchev–Trinajstić information content (AvgIpc) is 2.76. The van der Waals surface area contributed by atoms with E-state index in [0.717, 1.165) is 36.8 Å². The fourth-order valence-electron chi connectivity index (χ4n) is 3.84. The molecule has 5 heteroatoms. The number of nitrogens with zero attached hydrogens (tertiary/aromatic N) is 1. The van der Waals surface area contributed by atoms with Crippen LogP contribution in [0.2, 0.25) is 0 Å². The van der Waals surface area contributed by atoms with Crippen LogP contribution in [0, 0.1) is 12.8 Å². The summed E-state index contributed by atoms with van der Waals surface area (Å²) in [6.45, 7) is 4.30. The highest BCUT2D eigenvalue weighted by atomic mass is 16.5. The Balaban J connectivity index is 1.88. The van der Waals surface area contributed by atoms with Crippen LogP contribution in [0.1, 0.15) is 43.7 Å². The van der Waals surface area contributed by atoms with Gasteiger partial charge in [-0.05, 0) is 31.7 Å². The Morgan fingerprint density at radius 2 is 2.13 bits per heavy atom. The first-order valence-corrected chi connectivity index (χ1v) is 8.25. The molecule has 1 aliphatic carbocycles. The lowest BCUT2D eigenvalue weighted by Gasteiger charge is -2.36. The second-order valence-electron chi connectivity index (χ2n) is 6.75. The molecule has 2 fully saturated rings. The lowest BCUT2D eigenvalue weighted by atomic mass is 9.73. The van der Waals surface area contributed by atoms with Crippen LogP contribution in [-0.2, 0) is 11.3 Å². The Morgan fingerprint density at radius 3 is 2.83 bits per heavy atom. The SMILES string of the molecule is COc1ccc(C)cc1CN1C(=O)N[C@@]2(CCCC[C@@H]2C)C1=O. The highest BCUT2D eigenvalue weighted by Crippen LogP contribution is 2.39. The second kappa shape index (κ2) is 5.87. The molecule has 1 N–H and O–H groups in total. The number of ether oxygens (including phenoxy) is 1. The van der Waals surface area contributed by atoms with Crippen LogP contribution in [-0.4, -0.2) is 29.5 Å². The van der Waals surface area contributed by atoms with Gasteiger partial charge in [0.05, 0.1) is 13.7 Å². The molecule has 0 radical (unpaired) electrons. The molecule has 1 saturated carbocycles. The largest absolute Gasteiger partial charge is 0.496 e. The first-order chi connectivity index (χ1) is 11.0. The number of aryl methyl sites for hydroxylation is 1. The van der Waals surface area contributed by atoms with Crippen LogP contribution in [0.4, 0.5) is 4.79 Å². The van der Waals surface area contributed by atoms with E-state index in [4.69, 9.17) is 4.74 Å². The number of nitrogens with one attached hydrogen (secondary N) is 1. The maximum absolute atomic E-state index is 13.0. The van der Waals surface area contributed by atoms with Gasteiger partial charge in [0.2, 0.25) is 0 Å². The van der Waals surface area contributed by atoms with Gasteiger partial charge in [-0.15, -0.1) is 0 Å². The minimum Gasteiger partial charge on any atom is -0.496 e. The average molecular weight is 316 g/mol. The van der Waals surface area contributed by atoms with Crippen LogP contribution in [0.3, 0.4) is 0 Å². The molecule has 1 aromatic rings. The van der Waals surface area contributed by atoms with Crippen molar-refractivity contribution in [1.29, 1.82) is 0 Å². The number of hydrogen-bond donors (Lipinski definition) is 1. The molecule has 1 spiro atoms. The Morgan fingerprint density at radius 1 is 1.35 bits per heavy atom. The van der Waals surface area contributed by atoms with E-state index in [9.17, 15) is 9.59 Å². The summed E-state index contributed by atoms with van der Waals surface area (Å²) in [5.74, 6) is 0.796. The molecule has 1 heterocycles. The number of hydrogen-bond acceptors (Lipinski definition) is 3. The van der Waals surface area contributed by atoms with Crippen molar-refractivity contribution in [2.45, 2.75) is 51.6 Å². The molecule has 1 aromatic carbocycles. The van der Waals surface area contributed by atoms with Gasteiger partial charge in [0.1, 0.15) is 11.3 Å². The molecule has 0 unspecified atom stereocenters. The van der Waals surface area contributed by atoms with Crippen LogP contribution in [0.25, 0.3) is 0 Å². The van der Waals surface area contributed by atoms with Crippen molar-refractivity contribution in [2.75, 3.05) is 7.11 Å². The van der Waals surface area contributed by atoms with Gasteiger partial charge >= 0.3 is 6.03 Å². The van der Waals surface area contributed by atoms with Crippen molar-refractivity contribution >= 4 is 11.9 Å². The van der Waals surface area contributed by atoms with Gasteiger partial charge in [-0.25, -0.2) is 4.79 Å². The van der Waals surface area contributed by atoms with Gasteiger partial charge < -0.3 is 10.1 Å². The highest BCUT2D eigenvalue weighted by Gasteiger charge is 2.54. The van der Waals surface area contributed by atoms with E-state index in [2.05, 4.69) is 12.2 Å². The lowest BCUT2D eigenvalue weighted by molar-refractivity contribution is -0.134. The lowest BCUT2D eigenvalue weighted by Crippen LogP contribution is -2.53. The molecule has 0 bridgehead atoms. The van der Waals surface area contributed by atoms with E-state index in [1.54, 1.807) is 7.11 Å². The third kappa shape index (κ3) is 2.58. The number of benzene rings is 1. The smallest absolute Gasteiger partial charge is 0.325 e. The van der Waals surface area contributed by atoms with Crippen LogP contribution in [0.5, 0.6) is 5.75 Å². The van der Waals surface area contributed by atoms with Crippen molar-refractivity contribution in [1.82, 2.24) is 10.2 Å². The van der Waals surface area contributed by atoms with Crippen molar-refractivity contribution in [3.8, 4) is 5.75 Å². The Labute approximate surface area is 137 Å². The maximum atomic E-state index is 13.0. The third-order valence-corrected chi connectivity index (χ3v) is 5.27. The fraction of sp³-hybridized carbons (Fsp3) is 0.556. The molecule has 3 rings (SSSR count). The van der Waals surface area contributed by atoms with E-state index in [-0.39, 0.29) is 24.4 Å². The third-order valence-electron chi connectivity index (χ3n) is 5.27. The van der Waals surface area contributed by atoms with E-state index < -0.39 is 5.54 Å². The zero-order valence-corrected chi connectivity index (χ0v) is 14.0. The molecular formula is C18H24N2O3. The van der Waals surface area contributed by atoms with Crippen LogP contribution in [0.15, 0.2) is 18.2 Å². The summed E-state index contributed by atoms with van der Waals surface area (Å²) in [4.78, 5) is 26.8. The Hall–Kier alpha value is -2.04. The summed E-state index contributed by atoms with van der Waals surface area (Å²) in [6, 6.07) is 5.52. The molecular weight excluding hydrogens is 292 g/mol. The summed E-state index contributed by atoms with van der Waals surface area (Å²) in [7, 11) is 1.60. The molecule has 124 valence electrons. The fourth-order valence-corrected chi connectivity index (χ4v) is 3.84. The molecule has 1 aliphatic heterocycles. The molecule has 23 heavy (non-hydrogen) atoms. The monoisotopic (exact) mass is 316 g/mol. The topological polar surface area (TPSA) is 58.6 Å². The minimum absolute atomic E-state index is 0.0849. The summed E-state index contributed by atoms with van der Waals surface area (Å²) in [5.41, 5.74) is 1.23. The molecule has 1 saturated heterocycles. The second-order valence-corrected chi connectivity index (χ2v) is 6.75. The standard InChI is InChI=1S/C18H24N2O3/c1-12-7-8-15(23-3)14(10-12)11-20-16(21)18(19-17(20)22)9-5-4-6-13(18)2/h7-8,10,13H,4-6,9,11H2,1-3H3,(H,19,22)/t13-,18+/m0/s1. The molecule has 2 atom stereocenters. The van der Waals surface area contributed by atoms with Gasteiger partial charge in [0, 0.05) is 5.56 Å². The van der Waals surface area contributed by atoms with Crippen LogP contribution >= 0.6 is 0 Å². The number of rotatable bonds is 3. The van der Waals surface area contributed by atoms with Crippen molar-refractivity contribution < 1.29 is 14.3 Å². The van der Waals surface area contributed by atoms with E-state index in [1.165, 1.54) is 4.90 Å². The summed E-state index contributed by atoms with van der Waals surface area (Å²) >= 11 is 0. The summed E-state index contributed by atoms with van der Waals surface area (Å²) in [5, 5.41) is 2.99. The van der Waals surface area contributed by atoms with Crippen molar-refractivity contribution in [3.05, 3.63) is 29.3 Å². The maximum Gasteiger partial charge on any atom is 0.325 e. The zero-order valence-electron chi connectivity index (χ0n) is 14.0. The van der Waals surface area contributed by atoms with Gasteiger partial charge in [-0.3, -0.25) is 9.69 Å². The number of urea groups is 1. The van der Waals surface area contributed by atoms with E-state index in [0.29, 0.717) is 5.75 Å². The van der Waals surface area contributed by atoms with Crippen LogP contribution < -0.4 is 10.1 Å². The molecule has 0 aromatic heterocycles. The van der Waals surface area contributed by atoms with E-state index in [1.807, 2.05) is 25.1 Å². The molecule has 2 aliphatic rings. The zero-order chi connectivity index (χ0) is 16.6. The van der Waals surface area contributed by atoms with Gasteiger partial charge in [0.25, 0.3) is 5.91 Å². The first-order valence-electron chi connectivity index (χ1n) is 8.25. The summed E-state index contributed by atoms with van der Waals surface area (Å²) < 4.78 is 5.37. The number of methoxy groups -OCH3 is 1. The highest BCUT2D eigenvalue weighted by molar-refractivity contribution is 6.07. The first kappa shape index (κ1) is 15.8. The number of amides is 3. The molecule has 3 amide bonds. The summed E-state index contributed by atoms with van der Waals surface area (Å²) in [6.07, 6.45) is 3.82. The quantitative estimate of drug-likeness (QED) is 0.872. The Bertz CT molecular complexity index is 643. The van der Waals surface area contributed by atoms with Crippen molar-refractivity contribution in [2.24, 2.45) is 5.92 Å². The number of imide groups is 1. The Kier molecular flexibility index (Phi) is 4.04. The van der Waals surface area contributed by atoms with E-state index >= 15 is 0 Å². The molecule has 5 nitrogen and oxygen atoms in total. The predicted molar refractivity (Wildman–Crippen MR) is 87.2 cm³/mol. The minimum atomic E-state index is -0.702. The van der Waals surface area contributed by atoms with Gasteiger partial charge in [-0.2, -0.15) is 0 Å².